The number of methoxy groups -OCH3 is 1. The summed E-state index contributed by atoms with van der Waals surface area (Å²) in [7, 11) is 1.61. The molecule has 1 N–H and O–H groups in total. The summed E-state index contributed by atoms with van der Waals surface area (Å²) < 4.78 is 18.5. The van der Waals surface area contributed by atoms with Crippen LogP contribution in [0.4, 0.5) is 10.1 Å². The third kappa shape index (κ3) is 6.21. The van der Waals surface area contributed by atoms with Crippen molar-refractivity contribution in [2.45, 2.75) is 27.8 Å². The van der Waals surface area contributed by atoms with Crippen molar-refractivity contribution in [3.05, 3.63) is 77.2 Å². The predicted molar refractivity (Wildman–Crippen MR) is 135 cm³/mol. The Kier molecular flexibility index (Phi) is 8.90. The van der Waals surface area contributed by atoms with Gasteiger partial charge in [-0.05, 0) is 60.9 Å². The lowest BCUT2D eigenvalue weighted by Crippen LogP contribution is -2.20. The van der Waals surface area contributed by atoms with E-state index in [1.54, 1.807) is 31.0 Å². The first-order valence-electron chi connectivity index (χ1n) is 9.85. The first-order valence-corrected chi connectivity index (χ1v) is 13.4. The molecule has 3 aromatic rings. The molecular formula is C24H25FN2O2S3. The molecule has 3 rings (SSSR count). The molecule has 0 bridgehead atoms. The van der Waals surface area contributed by atoms with Gasteiger partial charge in [-0.15, -0.1) is 35.3 Å². The third-order valence-electron chi connectivity index (χ3n) is 4.73. The molecule has 0 saturated heterocycles. The van der Waals surface area contributed by atoms with Crippen molar-refractivity contribution in [3.63, 3.8) is 0 Å². The van der Waals surface area contributed by atoms with Gasteiger partial charge in [0, 0.05) is 16.3 Å². The van der Waals surface area contributed by atoms with Crippen molar-refractivity contribution in [3.8, 4) is 5.75 Å². The van der Waals surface area contributed by atoms with E-state index in [0.717, 1.165) is 38.2 Å². The summed E-state index contributed by atoms with van der Waals surface area (Å²) in [5.41, 5.74) is 3.47. The standard InChI is InChI=1S/C24H25FN2O2S3/c1-15-13-20(30-3)21(24(26-15)31-4)27-23(28)22(17-7-11-19(29-2)12-8-17)32-14-16-5-9-18(25)10-6-16/h5-13,22H,14H2,1-4H3,(H,27,28). The van der Waals surface area contributed by atoms with Gasteiger partial charge >= 0.3 is 0 Å². The number of carbonyl (C=O) groups is 1. The zero-order valence-electron chi connectivity index (χ0n) is 18.3. The lowest BCUT2D eigenvalue weighted by Gasteiger charge is -2.20. The number of rotatable bonds is 9. The monoisotopic (exact) mass is 488 g/mol. The van der Waals surface area contributed by atoms with Crippen molar-refractivity contribution in [1.29, 1.82) is 0 Å². The van der Waals surface area contributed by atoms with Gasteiger partial charge in [0.1, 0.15) is 21.8 Å². The quantitative estimate of drug-likeness (QED) is 0.343. The normalized spacial score (nSPS) is 11.8. The Morgan fingerprint density at radius 2 is 1.78 bits per heavy atom. The number of hydrogen-bond donors (Lipinski definition) is 1. The van der Waals surface area contributed by atoms with Crippen LogP contribution in [0.25, 0.3) is 0 Å². The van der Waals surface area contributed by atoms with Crippen LogP contribution in [0.1, 0.15) is 22.1 Å². The number of aryl methyl sites for hydroxylation is 1. The summed E-state index contributed by atoms with van der Waals surface area (Å²) in [5.74, 6) is 0.901. The van der Waals surface area contributed by atoms with Crippen LogP contribution in [0.2, 0.25) is 0 Å². The topological polar surface area (TPSA) is 51.2 Å². The number of amides is 1. The van der Waals surface area contributed by atoms with Gasteiger partial charge in [0.25, 0.3) is 0 Å². The number of nitrogens with zero attached hydrogens (tertiary/aromatic N) is 1. The number of benzene rings is 2. The van der Waals surface area contributed by atoms with E-state index >= 15 is 0 Å². The Morgan fingerprint density at radius 1 is 1.09 bits per heavy atom. The van der Waals surface area contributed by atoms with Crippen LogP contribution in [-0.4, -0.2) is 30.5 Å². The van der Waals surface area contributed by atoms with Crippen molar-refractivity contribution >= 4 is 46.9 Å². The maximum Gasteiger partial charge on any atom is 0.242 e. The van der Waals surface area contributed by atoms with Crippen LogP contribution in [0, 0.1) is 12.7 Å². The number of pyridine rings is 1. The van der Waals surface area contributed by atoms with E-state index in [-0.39, 0.29) is 11.7 Å². The minimum absolute atomic E-state index is 0.126. The molecule has 8 heteroatoms. The van der Waals surface area contributed by atoms with Gasteiger partial charge in [-0.25, -0.2) is 9.37 Å². The predicted octanol–water partition coefficient (Wildman–Crippen LogP) is 6.59. The van der Waals surface area contributed by atoms with Crippen LogP contribution < -0.4 is 10.1 Å². The average Bonchev–Trinajstić information content (AvgIpc) is 2.81. The lowest BCUT2D eigenvalue weighted by molar-refractivity contribution is -0.115. The number of anilines is 1. The van der Waals surface area contributed by atoms with E-state index in [2.05, 4.69) is 10.3 Å². The molecule has 0 aliphatic heterocycles. The Balaban J connectivity index is 1.89. The van der Waals surface area contributed by atoms with Crippen LogP contribution in [0.3, 0.4) is 0 Å². The Bertz CT molecular complexity index is 1030. The highest BCUT2D eigenvalue weighted by Gasteiger charge is 2.24. The first kappa shape index (κ1) is 24.5. The van der Waals surface area contributed by atoms with Crippen LogP contribution in [-0.2, 0) is 10.5 Å². The second-order valence-electron chi connectivity index (χ2n) is 6.93. The number of nitrogens with one attached hydrogen (secondary N) is 1. The summed E-state index contributed by atoms with van der Waals surface area (Å²) in [4.78, 5) is 19.1. The fourth-order valence-electron chi connectivity index (χ4n) is 3.09. The summed E-state index contributed by atoms with van der Waals surface area (Å²) in [6.07, 6.45) is 3.94. The van der Waals surface area contributed by atoms with Crippen molar-refractivity contribution in [2.24, 2.45) is 0 Å². The maximum absolute atomic E-state index is 13.5. The minimum atomic E-state index is -0.461. The minimum Gasteiger partial charge on any atom is -0.497 e. The number of aromatic nitrogens is 1. The Labute approximate surface area is 201 Å². The largest absolute Gasteiger partial charge is 0.497 e. The molecule has 1 unspecified atom stereocenters. The Morgan fingerprint density at radius 3 is 2.38 bits per heavy atom. The molecule has 0 fully saturated rings. The van der Waals surface area contributed by atoms with Gasteiger partial charge in [-0.2, -0.15) is 0 Å². The number of ether oxygens (including phenoxy) is 1. The number of hydrogen-bond acceptors (Lipinski definition) is 6. The highest BCUT2D eigenvalue weighted by atomic mass is 32.2. The molecular weight excluding hydrogens is 463 g/mol. The van der Waals surface area contributed by atoms with Crippen LogP contribution in [0.5, 0.6) is 5.75 Å². The SMILES string of the molecule is COc1ccc(C(SCc2ccc(F)cc2)C(=O)Nc2c(SC)cc(C)nc2SC)cc1. The lowest BCUT2D eigenvalue weighted by atomic mass is 10.1. The van der Waals surface area contributed by atoms with Gasteiger partial charge in [-0.1, -0.05) is 24.3 Å². The van der Waals surface area contributed by atoms with E-state index in [1.165, 1.54) is 35.7 Å². The molecule has 0 aliphatic rings. The summed E-state index contributed by atoms with van der Waals surface area (Å²) in [5, 5.41) is 3.46. The van der Waals surface area contributed by atoms with Gasteiger partial charge in [0.05, 0.1) is 12.8 Å². The number of carbonyl (C=O) groups excluding carboxylic acids is 1. The molecule has 1 aromatic heterocycles. The number of thioether (sulfide) groups is 3. The molecule has 0 spiro atoms. The van der Waals surface area contributed by atoms with E-state index in [9.17, 15) is 9.18 Å². The van der Waals surface area contributed by atoms with E-state index in [1.807, 2.05) is 49.8 Å². The second-order valence-corrected chi connectivity index (χ2v) is 9.67. The highest BCUT2D eigenvalue weighted by Crippen LogP contribution is 2.38. The molecule has 32 heavy (non-hydrogen) atoms. The first-order chi connectivity index (χ1) is 15.4. The second kappa shape index (κ2) is 11.6. The van der Waals surface area contributed by atoms with Gasteiger partial charge in [-0.3, -0.25) is 4.79 Å². The van der Waals surface area contributed by atoms with Gasteiger partial charge < -0.3 is 10.1 Å². The molecule has 4 nitrogen and oxygen atoms in total. The molecule has 2 aromatic carbocycles. The smallest absolute Gasteiger partial charge is 0.242 e. The summed E-state index contributed by atoms with van der Waals surface area (Å²) in [6.45, 7) is 1.95. The molecule has 0 saturated carbocycles. The molecule has 168 valence electrons. The van der Waals surface area contributed by atoms with Crippen LogP contribution >= 0.6 is 35.3 Å². The summed E-state index contributed by atoms with van der Waals surface area (Å²) in [6, 6.07) is 15.8. The molecule has 0 aliphatic carbocycles. The van der Waals surface area contributed by atoms with Crippen LogP contribution in [0.15, 0.2) is 64.5 Å². The fraction of sp³-hybridized carbons (Fsp3) is 0.250. The average molecular weight is 489 g/mol. The highest BCUT2D eigenvalue weighted by molar-refractivity contribution is 8.00. The van der Waals surface area contributed by atoms with Crippen molar-refractivity contribution in [2.75, 3.05) is 24.9 Å². The zero-order chi connectivity index (χ0) is 23.1. The van der Waals surface area contributed by atoms with Crippen molar-refractivity contribution in [1.82, 2.24) is 4.98 Å². The fourth-order valence-corrected chi connectivity index (χ4v) is 5.51. The molecule has 1 heterocycles. The maximum atomic E-state index is 13.5. The van der Waals surface area contributed by atoms with Gasteiger partial charge in [0.2, 0.25) is 5.91 Å². The molecule has 1 atom stereocenters. The van der Waals surface area contributed by atoms with Crippen molar-refractivity contribution < 1.29 is 13.9 Å². The Hall–Kier alpha value is -2.16. The third-order valence-corrected chi connectivity index (χ3v) is 7.49. The van der Waals surface area contributed by atoms with E-state index in [4.69, 9.17) is 4.74 Å². The van der Waals surface area contributed by atoms with Gasteiger partial charge in [0.15, 0.2) is 0 Å². The van der Waals surface area contributed by atoms with E-state index in [0.29, 0.717) is 5.75 Å². The summed E-state index contributed by atoms with van der Waals surface area (Å²) >= 11 is 4.58. The molecule has 0 radical (unpaired) electrons. The molecule has 1 amide bonds. The van der Waals surface area contributed by atoms with E-state index < -0.39 is 5.25 Å². The zero-order valence-corrected chi connectivity index (χ0v) is 20.8. The number of halogens is 1.